The van der Waals surface area contributed by atoms with Gasteiger partial charge in [-0.2, -0.15) is 0 Å². The second-order valence-electron chi connectivity index (χ2n) is 4.97. The molecule has 0 aliphatic carbocycles. The number of thioether (sulfide) groups is 1. The van der Waals surface area contributed by atoms with Crippen molar-refractivity contribution in [3.05, 3.63) is 48.8 Å². The van der Waals surface area contributed by atoms with Crippen LogP contribution in [0.25, 0.3) is 17.1 Å². The average Bonchev–Trinajstić information content (AvgIpc) is 3.05. The lowest BCUT2D eigenvalue weighted by molar-refractivity contribution is -0.133. The topological polar surface area (TPSA) is 90.1 Å². The van der Waals surface area contributed by atoms with Gasteiger partial charge in [0, 0.05) is 18.0 Å². The van der Waals surface area contributed by atoms with Crippen molar-refractivity contribution in [1.82, 2.24) is 19.7 Å². The Labute approximate surface area is 148 Å². The van der Waals surface area contributed by atoms with Crippen molar-refractivity contribution in [1.29, 1.82) is 0 Å². The van der Waals surface area contributed by atoms with Crippen LogP contribution in [0.2, 0.25) is 0 Å². The molecule has 1 aromatic carbocycles. The molecule has 0 unspecified atom stereocenters. The smallest absolute Gasteiger partial charge is 0.313 e. The van der Waals surface area contributed by atoms with Gasteiger partial charge in [-0.3, -0.25) is 14.3 Å². The van der Waals surface area contributed by atoms with Crippen molar-refractivity contribution in [3.63, 3.8) is 0 Å². The number of aliphatic carboxylic acids is 1. The first-order valence-corrected chi connectivity index (χ1v) is 8.62. The molecule has 3 aromatic rings. The summed E-state index contributed by atoms with van der Waals surface area (Å²) in [4.78, 5) is 15.1. The van der Waals surface area contributed by atoms with Crippen LogP contribution in [0.3, 0.4) is 0 Å². The van der Waals surface area contributed by atoms with Crippen LogP contribution >= 0.6 is 11.8 Å². The summed E-state index contributed by atoms with van der Waals surface area (Å²) in [6, 6.07) is 11.2. The van der Waals surface area contributed by atoms with Crippen molar-refractivity contribution < 1.29 is 14.6 Å². The summed E-state index contributed by atoms with van der Waals surface area (Å²) in [7, 11) is 0. The Bertz CT molecular complexity index is 867. The maximum absolute atomic E-state index is 11.0. The molecule has 8 heteroatoms. The second-order valence-corrected chi connectivity index (χ2v) is 5.91. The van der Waals surface area contributed by atoms with Crippen LogP contribution in [-0.4, -0.2) is 43.2 Å². The Morgan fingerprint density at radius 2 is 2.08 bits per heavy atom. The Kier molecular flexibility index (Phi) is 5.30. The molecule has 0 aliphatic heterocycles. The number of para-hydroxylation sites is 2. The van der Waals surface area contributed by atoms with Crippen LogP contribution in [0, 0.1) is 0 Å². The molecule has 0 aliphatic rings. The minimum absolute atomic E-state index is 0.109. The van der Waals surface area contributed by atoms with Crippen LogP contribution < -0.4 is 4.74 Å². The van der Waals surface area contributed by atoms with Crippen LogP contribution in [0.4, 0.5) is 0 Å². The molecule has 0 fully saturated rings. The summed E-state index contributed by atoms with van der Waals surface area (Å²) in [5.41, 5.74) is 1.53. The van der Waals surface area contributed by atoms with E-state index in [-0.39, 0.29) is 5.75 Å². The van der Waals surface area contributed by atoms with Gasteiger partial charge in [0.25, 0.3) is 0 Å². The van der Waals surface area contributed by atoms with Crippen LogP contribution in [0.5, 0.6) is 5.75 Å². The number of hydrogen-bond donors (Lipinski definition) is 1. The number of carbonyl (C=O) groups is 1. The van der Waals surface area contributed by atoms with E-state index in [1.807, 2.05) is 43.3 Å². The van der Waals surface area contributed by atoms with Gasteiger partial charge >= 0.3 is 5.97 Å². The zero-order valence-electron chi connectivity index (χ0n) is 13.5. The molecule has 0 radical (unpaired) electrons. The van der Waals surface area contributed by atoms with Crippen LogP contribution in [0.15, 0.2) is 53.9 Å². The van der Waals surface area contributed by atoms with Gasteiger partial charge in [0.1, 0.15) is 5.75 Å². The first-order valence-electron chi connectivity index (χ1n) is 7.63. The maximum Gasteiger partial charge on any atom is 0.313 e. The normalized spacial score (nSPS) is 10.6. The van der Waals surface area contributed by atoms with Crippen LogP contribution in [-0.2, 0) is 4.79 Å². The number of ether oxygens (including phenoxy) is 1. The number of nitrogens with zero attached hydrogens (tertiary/aromatic N) is 4. The zero-order valence-corrected chi connectivity index (χ0v) is 14.3. The number of benzene rings is 1. The molecule has 0 saturated carbocycles. The fourth-order valence-corrected chi connectivity index (χ4v) is 2.97. The molecular formula is C17H16N4O3S. The van der Waals surface area contributed by atoms with E-state index in [1.54, 1.807) is 17.0 Å². The Balaban J connectivity index is 2.15. The van der Waals surface area contributed by atoms with Gasteiger partial charge in [-0.05, 0) is 31.2 Å². The van der Waals surface area contributed by atoms with Gasteiger partial charge in [0.05, 0.1) is 18.0 Å². The molecule has 0 bridgehead atoms. The first-order chi connectivity index (χ1) is 12.2. The summed E-state index contributed by atoms with van der Waals surface area (Å²) < 4.78 is 7.52. The van der Waals surface area contributed by atoms with Gasteiger partial charge in [-0.1, -0.05) is 23.9 Å². The van der Waals surface area contributed by atoms with Gasteiger partial charge in [-0.25, -0.2) is 0 Å². The fraction of sp³-hybridized carbons (Fsp3) is 0.176. The monoisotopic (exact) mass is 356 g/mol. The lowest BCUT2D eigenvalue weighted by atomic mass is 10.2. The number of carboxylic acid groups (broad SMARTS) is 1. The molecule has 0 amide bonds. The Morgan fingerprint density at radius 3 is 2.80 bits per heavy atom. The molecule has 25 heavy (non-hydrogen) atoms. The van der Waals surface area contributed by atoms with Crippen LogP contribution in [0.1, 0.15) is 6.92 Å². The third-order valence-corrected chi connectivity index (χ3v) is 4.20. The Hall–Kier alpha value is -2.87. The molecule has 0 atom stereocenters. The zero-order chi connectivity index (χ0) is 17.6. The molecule has 2 heterocycles. The number of rotatable bonds is 7. The van der Waals surface area contributed by atoms with E-state index in [1.165, 1.54) is 0 Å². The summed E-state index contributed by atoms with van der Waals surface area (Å²) in [5.74, 6) is 0.225. The maximum atomic E-state index is 11.0. The van der Waals surface area contributed by atoms with Crippen molar-refractivity contribution in [2.24, 2.45) is 0 Å². The molecule has 0 spiro atoms. The first kappa shape index (κ1) is 17.0. The van der Waals surface area contributed by atoms with Gasteiger partial charge < -0.3 is 9.84 Å². The van der Waals surface area contributed by atoms with E-state index < -0.39 is 5.97 Å². The summed E-state index contributed by atoms with van der Waals surface area (Å²) >= 11 is 1.11. The number of hydrogen-bond acceptors (Lipinski definition) is 6. The molecular weight excluding hydrogens is 340 g/mol. The second kappa shape index (κ2) is 7.80. The largest absolute Gasteiger partial charge is 0.492 e. The summed E-state index contributed by atoms with van der Waals surface area (Å²) in [6.45, 7) is 2.42. The van der Waals surface area contributed by atoms with Gasteiger partial charge in [-0.15, -0.1) is 10.2 Å². The molecule has 1 N–H and O–H groups in total. The minimum atomic E-state index is -0.916. The fourth-order valence-electron chi connectivity index (χ4n) is 2.31. The third-order valence-electron chi connectivity index (χ3n) is 3.28. The third kappa shape index (κ3) is 3.80. The van der Waals surface area contributed by atoms with Gasteiger partial charge in [0.2, 0.25) is 0 Å². The van der Waals surface area contributed by atoms with Crippen molar-refractivity contribution in [3.8, 4) is 22.8 Å². The molecule has 128 valence electrons. The van der Waals surface area contributed by atoms with Gasteiger partial charge in [0.15, 0.2) is 11.0 Å². The predicted molar refractivity (Wildman–Crippen MR) is 94.1 cm³/mol. The number of aromatic nitrogens is 4. The predicted octanol–water partition coefficient (Wildman–Crippen LogP) is 2.90. The summed E-state index contributed by atoms with van der Waals surface area (Å²) in [6.07, 6.45) is 3.37. The SMILES string of the molecule is CCOc1ccccc1-n1c(SCC(=O)O)nnc1-c1cccnc1. The highest BCUT2D eigenvalue weighted by Gasteiger charge is 2.19. The molecule has 3 rings (SSSR count). The van der Waals surface area contributed by atoms with E-state index in [4.69, 9.17) is 9.84 Å². The number of pyridine rings is 1. The highest BCUT2D eigenvalue weighted by molar-refractivity contribution is 7.99. The van der Waals surface area contributed by atoms with Crippen molar-refractivity contribution in [2.45, 2.75) is 12.1 Å². The molecule has 2 aromatic heterocycles. The van der Waals surface area contributed by atoms with Crippen molar-refractivity contribution >= 4 is 17.7 Å². The van der Waals surface area contributed by atoms with E-state index >= 15 is 0 Å². The standard InChI is InChI=1S/C17H16N4O3S/c1-2-24-14-8-4-3-7-13(14)21-16(12-6-5-9-18-10-12)19-20-17(21)25-11-15(22)23/h3-10H,2,11H2,1H3,(H,22,23). The van der Waals surface area contributed by atoms with E-state index in [0.717, 1.165) is 23.0 Å². The highest BCUT2D eigenvalue weighted by atomic mass is 32.2. The number of carboxylic acids is 1. The van der Waals surface area contributed by atoms with E-state index in [0.29, 0.717) is 23.3 Å². The highest BCUT2D eigenvalue weighted by Crippen LogP contribution is 2.32. The lowest BCUT2D eigenvalue weighted by Crippen LogP contribution is -2.05. The average molecular weight is 356 g/mol. The van der Waals surface area contributed by atoms with E-state index in [2.05, 4.69) is 15.2 Å². The minimum Gasteiger partial charge on any atom is -0.492 e. The van der Waals surface area contributed by atoms with E-state index in [9.17, 15) is 4.79 Å². The molecule has 0 saturated heterocycles. The van der Waals surface area contributed by atoms with Crippen molar-refractivity contribution in [2.75, 3.05) is 12.4 Å². The Morgan fingerprint density at radius 1 is 1.24 bits per heavy atom. The molecule has 7 nitrogen and oxygen atoms in total. The lowest BCUT2D eigenvalue weighted by Gasteiger charge is -2.14. The summed E-state index contributed by atoms with van der Waals surface area (Å²) in [5, 5.41) is 17.9. The quantitative estimate of drug-likeness (QED) is 0.651.